The maximum Gasteiger partial charge on any atom is 0.274 e. The molecule has 0 fully saturated rings. The molecule has 27 heavy (non-hydrogen) atoms. The topological polar surface area (TPSA) is 76.1 Å². The Kier molecular flexibility index (Phi) is 6.22. The van der Waals surface area contributed by atoms with Crippen LogP contribution in [0.2, 0.25) is 5.02 Å². The fourth-order valence-corrected chi connectivity index (χ4v) is 2.48. The molecule has 6 nitrogen and oxygen atoms in total. The molecular formula is C20H19ClN4O2. The number of halogens is 1. The predicted molar refractivity (Wildman–Crippen MR) is 106 cm³/mol. The van der Waals surface area contributed by atoms with Crippen molar-refractivity contribution in [3.63, 3.8) is 0 Å². The van der Waals surface area contributed by atoms with Crippen molar-refractivity contribution in [3.05, 3.63) is 77.1 Å². The fourth-order valence-electron chi connectivity index (χ4n) is 2.35. The van der Waals surface area contributed by atoms with E-state index in [-0.39, 0.29) is 11.6 Å². The van der Waals surface area contributed by atoms with E-state index in [1.807, 2.05) is 31.2 Å². The molecule has 0 unspecified atom stereocenters. The third-order valence-corrected chi connectivity index (χ3v) is 3.93. The Morgan fingerprint density at radius 1 is 1.07 bits per heavy atom. The van der Waals surface area contributed by atoms with Gasteiger partial charge in [0.2, 0.25) is 5.95 Å². The summed E-state index contributed by atoms with van der Waals surface area (Å²) >= 11 is 5.88. The van der Waals surface area contributed by atoms with Gasteiger partial charge in [0, 0.05) is 23.5 Å². The summed E-state index contributed by atoms with van der Waals surface area (Å²) in [6, 6.07) is 16.2. The van der Waals surface area contributed by atoms with E-state index >= 15 is 0 Å². The van der Waals surface area contributed by atoms with E-state index in [2.05, 4.69) is 20.6 Å². The quantitative estimate of drug-likeness (QED) is 0.633. The van der Waals surface area contributed by atoms with Gasteiger partial charge in [-0.05, 0) is 55.0 Å². The van der Waals surface area contributed by atoms with E-state index in [4.69, 9.17) is 16.3 Å². The molecule has 0 aliphatic rings. The zero-order valence-electron chi connectivity index (χ0n) is 14.8. The lowest BCUT2D eigenvalue weighted by Gasteiger charge is -2.08. The van der Waals surface area contributed by atoms with Crippen LogP contribution >= 0.6 is 11.6 Å². The molecule has 3 aromatic rings. The van der Waals surface area contributed by atoms with E-state index < -0.39 is 0 Å². The van der Waals surface area contributed by atoms with Gasteiger partial charge in [-0.15, -0.1) is 0 Å². The number of amides is 1. The monoisotopic (exact) mass is 382 g/mol. The van der Waals surface area contributed by atoms with Crippen LogP contribution in [-0.2, 0) is 6.54 Å². The van der Waals surface area contributed by atoms with Crippen LogP contribution in [0.15, 0.2) is 60.8 Å². The second-order valence-electron chi connectivity index (χ2n) is 5.66. The lowest BCUT2D eigenvalue weighted by molar-refractivity contribution is 0.102. The molecule has 0 radical (unpaired) electrons. The van der Waals surface area contributed by atoms with Crippen LogP contribution in [0.5, 0.6) is 5.75 Å². The molecule has 0 bridgehead atoms. The smallest absolute Gasteiger partial charge is 0.274 e. The van der Waals surface area contributed by atoms with Gasteiger partial charge < -0.3 is 15.4 Å². The second-order valence-corrected chi connectivity index (χ2v) is 6.09. The van der Waals surface area contributed by atoms with Crippen LogP contribution in [0, 0.1) is 0 Å². The van der Waals surface area contributed by atoms with E-state index in [0.29, 0.717) is 29.8 Å². The molecule has 1 amide bonds. The zero-order valence-corrected chi connectivity index (χ0v) is 15.5. The van der Waals surface area contributed by atoms with Crippen molar-refractivity contribution in [2.75, 3.05) is 17.2 Å². The average Bonchev–Trinajstić information content (AvgIpc) is 2.69. The molecule has 2 N–H and O–H groups in total. The van der Waals surface area contributed by atoms with E-state index in [1.54, 1.807) is 36.5 Å². The summed E-state index contributed by atoms with van der Waals surface area (Å²) in [5.74, 6) is 0.826. The molecule has 0 spiro atoms. The van der Waals surface area contributed by atoms with Crippen molar-refractivity contribution in [1.82, 2.24) is 9.97 Å². The third-order valence-electron chi connectivity index (χ3n) is 3.68. The highest BCUT2D eigenvalue weighted by Gasteiger charge is 2.09. The van der Waals surface area contributed by atoms with Crippen LogP contribution in [0.25, 0.3) is 0 Å². The zero-order chi connectivity index (χ0) is 19.1. The SMILES string of the molecule is CCOc1ccc(NC(=O)c2ccnc(NCc3ccc(Cl)cc3)n2)cc1. The molecule has 7 heteroatoms. The van der Waals surface area contributed by atoms with Gasteiger partial charge in [-0.1, -0.05) is 23.7 Å². The summed E-state index contributed by atoms with van der Waals surface area (Å²) in [6.07, 6.45) is 1.55. The van der Waals surface area contributed by atoms with Crippen molar-refractivity contribution in [2.45, 2.75) is 13.5 Å². The summed E-state index contributed by atoms with van der Waals surface area (Å²) in [6.45, 7) is 3.04. The summed E-state index contributed by atoms with van der Waals surface area (Å²) in [5, 5.41) is 6.59. The first-order valence-electron chi connectivity index (χ1n) is 8.49. The van der Waals surface area contributed by atoms with Gasteiger partial charge in [-0.2, -0.15) is 0 Å². The summed E-state index contributed by atoms with van der Waals surface area (Å²) in [5.41, 5.74) is 1.97. The largest absolute Gasteiger partial charge is 0.494 e. The highest BCUT2D eigenvalue weighted by molar-refractivity contribution is 6.30. The Hall–Kier alpha value is -3.12. The molecular weight excluding hydrogens is 364 g/mol. The number of rotatable bonds is 7. The number of ether oxygens (including phenoxy) is 1. The van der Waals surface area contributed by atoms with Gasteiger partial charge >= 0.3 is 0 Å². The number of nitrogens with zero attached hydrogens (tertiary/aromatic N) is 2. The van der Waals surface area contributed by atoms with Crippen molar-refractivity contribution < 1.29 is 9.53 Å². The van der Waals surface area contributed by atoms with E-state index in [0.717, 1.165) is 11.3 Å². The third kappa shape index (κ3) is 5.43. The first-order chi connectivity index (χ1) is 13.1. The Bertz CT molecular complexity index is 899. The molecule has 0 atom stereocenters. The molecule has 2 aromatic carbocycles. The van der Waals surface area contributed by atoms with Crippen LogP contribution in [0.4, 0.5) is 11.6 Å². The van der Waals surface area contributed by atoms with Crippen molar-refractivity contribution in [3.8, 4) is 5.75 Å². The standard InChI is InChI=1S/C20H19ClN4O2/c1-2-27-17-9-7-16(8-10-17)24-19(26)18-11-12-22-20(25-18)23-13-14-3-5-15(21)6-4-14/h3-12H,2,13H2,1H3,(H,24,26)(H,22,23,25). The Morgan fingerprint density at radius 3 is 2.52 bits per heavy atom. The highest BCUT2D eigenvalue weighted by atomic mass is 35.5. The maximum atomic E-state index is 12.4. The normalized spacial score (nSPS) is 10.3. The van der Waals surface area contributed by atoms with Gasteiger partial charge in [0.25, 0.3) is 5.91 Å². The minimum atomic E-state index is -0.309. The summed E-state index contributed by atoms with van der Waals surface area (Å²) in [7, 11) is 0. The molecule has 0 saturated carbocycles. The summed E-state index contributed by atoms with van der Waals surface area (Å²) < 4.78 is 5.39. The minimum Gasteiger partial charge on any atom is -0.494 e. The van der Waals surface area contributed by atoms with Crippen LogP contribution in [0.3, 0.4) is 0 Å². The van der Waals surface area contributed by atoms with Crippen molar-refractivity contribution in [1.29, 1.82) is 0 Å². The van der Waals surface area contributed by atoms with Gasteiger partial charge in [0.05, 0.1) is 6.61 Å². The van der Waals surface area contributed by atoms with Gasteiger partial charge in [0.1, 0.15) is 11.4 Å². The summed E-state index contributed by atoms with van der Waals surface area (Å²) in [4.78, 5) is 20.8. The number of hydrogen-bond donors (Lipinski definition) is 2. The van der Waals surface area contributed by atoms with Gasteiger partial charge in [0.15, 0.2) is 0 Å². The number of carbonyl (C=O) groups excluding carboxylic acids is 1. The molecule has 1 heterocycles. The van der Waals surface area contributed by atoms with Gasteiger partial charge in [-0.25, -0.2) is 9.97 Å². The lowest BCUT2D eigenvalue weighted by Crippen LogP contribution is -2.15. The molecule has 1 aromatic heterocycles. The number of aromatic nitrogens is 2. The number of carbonyl (C=O) groups is 1. The number of benzene rings is 2. The minimum absolute atomic E-state index is 0.275. The number of anilines is 2. The lowest BCUT2D eigenvalue weighted by atomic mass is 10.2. The van der Waals surface area contributed by atoms with E-state index in [9.17, 15) is 4.79 Å². The number of hydrogen-bond acceptors (Lipinski definition) is 5. The predicted octanol–water partition coefficient (Wildman–Crippen LogP) is 4.39. The molecule has 0 aliphatic carbocycles. The Balaban J connectivity index is 1.61. The highest BCUT2D eigenvalue weighted by Crippen LogP contribution is 2.16. The number of nitrogens with one attached hydrogen (secondary N) is 2. The molecule has 138 valence electrons. The molecule has 3 rings (SSSR count). The first-order valence-corrected chi connectivity index (χ1v) is 8.87. The molecule has 0 aliphatic heterocycles. The van der Waals surface area contributed by atoms with Crippen LogP contribution in [0.1, 0.15) is 23.0 Å². The van der Waals surface area contributed by atoms with Gasteiger partial charge in [-0.3, -0.25) is 4.79 Å². The maximum absolute atomic E-state index is 12.4. The van der Waals surface area contributed by atoms with E-state index in [1.165, 1.54) is 0 Å². The van der Waals surface area contributed by atoms with Crippen molar-refractivity contribution in [2.24, 2.45) is 0 Å². The second kappa shape index (κ2) is 9.00. The Labute approximate surface area is 162 Å². The van der Waals surface area contributed by atoms with Crippen molar-refractivity contribution >= 4 is 29.1 Å². The average molecular weight is 383 g/mol. The Morgan fingerprint density at radius 2 is 1.81 bits per heavy atom. The fraction of sp³-hybridized carbons (Fsp3) is 0.150. The van der Waals surface area contributed by atoms with Crippen LogP contribution < -0.4 is 15.4 Å². The first kappa shape index (κ1) is 18.7. The molecule has 0 saturated heterocycles. The van der Waals surface area contributed by atoms with Crippen LogP contribution in [-0.4, -0.2) is 22.5 Å².